The molecule has 1 aliphatic carbocycles. The molecule has 1 aromatic rings. The molecule has 4 rings (SSSR count). The number of nitrogens with zero attached hydrogens (tertiary/aromatic N) is 4. The second-order valence-electron chi connectivity index (χ2n) is 8.72. The molecule has 0 radical (unpaired) electrons. The van der Waals surface area contributed by atoms with E-state index in [-0.39, 0.29) is 11.3 Å². The Bertz CT molecular complexity index is 653. The second-order valence-corrected chi connectivity index (χ2v) is 8.72. The molecule has 1 spiro atoms. The van der Waals surface area contributed by atoms with E-state index >= 15 is 0 Å². The first-order valence-corrected chi connectivity index (χ1v) is 10.7. The number of carbonyl (C=O) groups excluding carboxylic acids is 2. The van der Waals surface area contributed by atoms with Gasteiger partial charge in [-0.3, -0.25) is 14.3 Å². The lowest BCUT2D eigenvalue weighted by atomic mass is 9.77. The van der Waals surface area contributed by atoms with Crippen molar-refractivity contribution in [2.45, 2.75) is 64.3 Å². The Balaban J connectivity index is 1.33. The number of piperidine rings is 1. The van der Waals surface area contributed by atoms with Gasteiger partial charge in [-0.1, -0.05) is 19.3 Å². The normalized spacial score (nSPS) is 26.9. The van der Waals surface area contributed by atoms with Gasteiger partial charge in [-0.15, -0.1) is 0 Å². The van der Waals surface area contributed by atoms with Crippen LogP contribution in [0.4, 0.5) is 0 Å². The van der Waals surface area contributed by atoms with Crippen LogP contribution in [0, 0.1) is 11.3 Å². The van der Waals surface area contributed by atoms with Gasteiger partial charge in [0, 0.05) is 51.5 Å². The highest BCUT2D eigenvalue weighted by atomic mass is 16.2. The Kier molecular flexibility index (Phi) is 5.50. The van der Waals surface area contributed by atoms with Gasteiger partial charge in [0.2, 0.25) is 11.8 Å². The summed E-state index contributed by atoms with van der Waals surface area (Å²) < 4.78 is 1.79. The fourth-order valence-corrected chi connectivity index (χ4v) is 5.27. The van der Waals surface area contributed by atoms with E-state index in [9.17, 15) is 9.59 Å². The van der Waals surface area contributed by atoms with Crippen LogP contribution in [0.5, 0.6) is 0 Å². The Morgan fingerprint density at radius 1 is 1.15 bits per heavy atom. The third kappa shape index (κ3) is 4.04. The molecule has 6 nitrogen and oxygen atoms in total. The van der Waals surface area contributed by atoms with Crippen molar-refractivity contribution in [1.82, 2.24) is 19.6 Å². The van der Waals surface area contributed by atoms with Gasteiger partial charge >= 0.3 is 0 Å². The zero-order valence-electron chi connectivity index (χ0n) is 16.3. The lowest BCUT2D eigenvalue weighted by molar-refractivity contribution is -0.147. The van der Waals surface area contributed by atoms with Crippen LogP contribution in [0.1, 0.15) is 57.8 Å². The molecule has 1 aromatic heterocycles. The molecule has 2 amide bonds. The summed E-state index contributed by atoms with van der Waals surface area (Å²) in [5, 5.41) is 4.16. The van der Waals surface area contributed by atoms with Gasteiger partial charge in [0.1, 0.15) is 0 Å². The van der Waals surface area contributed by atoms with Crippen LogP contribution in [0.15, 0.2) is 18.5 Å². The van der Waals surface area contributed by atoms with Crippen molar-refractivity contribution < 1.29 is 9.59 Å². The number of carbonyl (C=O) groups is 2. The molecule has 0 N–H and O–H groups in total. The minimum Gasteiger partial charge on any atom is -0.342 e. The molecule has 0 aromatic carbocycles. The van der Waals surface area contributed by atoms with Crippen molar-refractivity contribution in [3.8, 4) is 0 Å². The van der Waals surface area contributed by atoms with Crippen molar-refractivity contribution in [2.75, 3.05) is 26.2 Å². The van der Waals surface area contributed by atoms with E-state index in [0.717, 1.165) is 38.9 Å². The third-order valence-corrected chi connectivity index (χ3v) is 6.85. The van der Waals surface area contributed by atoms with Crippen LogP contribution in [0.25, 0.3) is 0 Å². The number of likely N-dealkylation sites (tertiary alicyclic amines) is 2. The van der Waals surface area contributed by atoms with E-state index < -0.39 is 0 Å². The van der Waals surface area contributed by atoms with Crippen LogP contribution in [-0.2, 0) is 16.1 Å². The fraction of sp³-hybridized carbons (Fsp3) is 0.762. The van der Waals surface area contributed by atoms with E-state index in [4.69, 9.17) is 0 Å². The molecule has 0 unspecified atom stereocenters. The Labute approximate surface area is 161 Å². The topological polar surface area (TPSA) is 58.4 Å². The number of rotatable bonds is 5. The minimum absolute atomic E-state index is 0.152. The molecule has 2 aliphatic heterocycles. The van der Waals surface area contributed by atoms with Gasteiger partial charge in [-0.2, -0.15) is 5.10 Å². The zero-order valence-corrected chi connectivity index (χ0v) is 16.3. The summed E-state index contributed by atoms with van der Waals surface area (Å²) in [7, 11) is 0. The SMILES string of the molecule is O=C(CCn1cccn1)N1CC[C@]2(CCCN(CC3CCCCC3)C2=O)C1. The second kappa shape index (κ2) is 8.03. The highest BCUT2D eigenvalue weighted by Crippen LogP contribution is 2.41. The summed E-state index contributed by atoms with van der Waals surface area (Å²) in [4.78, 5) is 30.0. The molecule has 1 atom stereocenters. The summed E-state index contributed by atoms with van der Waals surface area (Å²) in [6, 6.07) is 1.87. The van der Waals surface area contributed by atoms with Gasteiger partial charge in [0.15, 0.2) is 0 Å². The predicted octanol–water partition coefficient (Wildman–Crippen LogP) is 2.69. The molecule has 148 valence electrons. The molecule has 2 saturated heterocycles. The molecule has 0 bridgehead atoms. The largest absolute Gasteiger partial charge is 0.342 e. The summed E-state index contributed by atoms with van der Waals surface area (Å²) in [6.07, 6.45) is 13.5. The minimum atomic E-state index is -0.311. The van der Waals surface area contributed by atoms with E-state index in [1.807, 2.05) is 17.2 Å². The van der Waals surface area contributed by atoms with Crippen LogP contribution in [-0.4, -0.2) is 57.6 Å². The first kappa shape index (κ1) is 18.5. The first-order valence-electron chi connectivity index (χ1n) is 10.7. The fourth-order valence-electron chi connectivity index (χ4n) is 5.27. The van der Waals surface area contributed by atoms with Crippen molar-refractivity contribution in [1.29, 1.82) is 0 Å². The highest BCUT2D eigenvalue weighted by Gasteiger charge is 2.49. The maximum atomic E-state index is 13.3. The number of hydrogen-bond acceptors (Lipinski definition) is 3. The standard InChI is InChI=1S/C21H32N4O2/c26-19(8-14-25-13-5-11-22-25)24-15-10-21(17-24)9-4-12-23(20(21)27)16-18-6-2-1-3-7-18/h5,11,13,18H,1-4,6-10,12,14-17H2/t21-/m1/s1. The quantitative estimate of drug-likeness (QED) is 0.798. The van der Waals surface area contributed by atoms with E-state index in [0.29, 0.717) is 31.3 Å². The lowest BCUT2D eigenvalue weighted by Crippen LogP contribution is -2.51. The number of amides is 2. The molecule has 3 aliphatic rings. The molecule has 27 heavy (non-hydrogen) atoms. The lowest BCUT2D eigenvalue weighted by Gasteiger charge is -2.41. The summed E-state index contributed by atoms with van der Waals surface area (Å²) >= 11 is 0. The van der Waals surface area contributed by atoms with E-state index in [1.54, 1.807) is 10.9 Å². The molecule has 3 heterocycles. The molecule has 6 heteroatoms. The Morgan fingerprint density at radius 2 is 2.00 bits per heavy atom. The van der Waals surface area contributed by atoms with Gasteiger partial charge in [0.25, 0.3) is 0 Å². The van der Waals surface area contributed by atoms with Crippen molar-refractivity contribution >= 4 is 11.8 Å². The monoisotopic (exact) mass is 372 g/mol. The van der Waals surface area contributed by atoms with Crippen LogP contribution >= 0.6 is 0 Å². The number of aryl methyl sites for hydroxylation is 1. The van der Waals surface area contributed by atoms with Crippen molar-refractivity contribution in [2.24, 2.45) is 11.3 Å². The number of hydrogen-bond donors (Lipinski definition) is 0. The highest BCUT2D eigenvalue weighted by molar-refractivity contribution is 5.86. The Morgan fingerprint density at radius 3 is 2.78 bits per heavy atom. The average molecular weight is 373 g/mol. The predicted molar refractivity (Wildman–Crippen MR) is 103 cm³/mol. The third-order valence-electron chi connectivity index (χ3n) is 6.85. The molecule has 1 saturated carbocycles. The molecular formula is C21H32N4O2. The smallest absolute Gasteiger partial charge is 0.230 e. The van der Waals surface area contributed by atoms with Crippen molar-refractivity contribution in [3.05, 3.63) is 18.5 Å². The maximum absolute atomic E-state index is 13.3. The first-order chi connectivity index (χ1) is 13.2. The summed E-state index contributed by atoms with van der Waals surface area (Å²) in [6.45, 7) is 3.79. The summed E-state index contributed by atoms with van der Waals surface area (Å²) in [5.41, 5.74) is -0.311. The average Bonchev–Trinajstić information content (AvgIpc) is 3.35. The zero-order chi connectivity index (χ0) is 18.7. The van der Waals surface area contributed by atoms with E-state index in [1.165, 1.54) is 32.1 Å². The number of aromatic nitrogens is 2. The molecular weight excluding hydrogens is 340 g/mol. The molecule has 3 fully saturated rings. The van der Waals surface area contributed by atoms with Crippen LogP contribution < -0.4 is 0 Å². The summed E-state index contributed by atoms with van der Waals surface area (Å²) in [5.74, 6) is 1.16. The van der Waals surface area contributed by atoms with Crippen LogP contribution in [0.3, 0.4) is 0 Å². The van der Waals surface area contributed by atoms with Gasteiger partial charge in [-0.25, -0.2) is 0 Å². The van der Waals surface area contributed by atoms with Gasteiger partial charge in [-0.05, 0) is 44.1 Å². The maximum Gasteiger partial charge on any atom is 0.230 e. The van der Waals surface area contributed by atoms with Crippen molar-refractivity contribution in [3.63, 3.8) is 0 Å². The van der Waals surface area contributed by atoms with E-state index in [2.05, 4.69) is 10.00 Å². The van der Waals surface area contributed by atoms with Gasteiger partial charge < -0.3 is 9.80 Å². The van der Waals surface area contributed by atoms with Gasteiger partial charge in [0.05, 0.1) is 5.41 Å². The Hall–Kier alpha value is -1.85. The van der Waals surface area contributed by atoms with Crippen LogP contribution in [0.2, 0.25) is 0 Å².